The molecule has 0 saturated heterocycles. The minimum Gasteiger partial charge on any atom is -0.456 e. The highest BCUT2D eigenvalue weighted by Crippen LogP contribution is 2.29. The molecule has 0 fully saturated rings. The van der Waals surface area contributed by atoms with E-state index in [1.54, 1.807) is 0 Å². The first-order valence-electron chi connectivity index (χ1n) is 11.1. The molecule has 0 unspecified atom stereocenters. The van der Waals surface area contributed by atoms with Crippen molar-refractivity contribution in [2.45, 2.75) is 0 Å². The first-order chi connectivity index (χ1) is 15.8. The zero-order chi connectivity index (χ0) is 23.8. The lowest BCUT2D eigenvalue weighted by Crippen LogP contribution is -2.31. The van der Waals surface area contributed by atoms with Crippen molar-refractivity contribution in [3.63, 3.8) is 0 Å². The van der Waals surface area contributed by atoms with Crippen molar-refractivity contribution in [1.29, 1.82) is 10.8 Å². The number of likely N-dealkylation sites (N-methyl/N-ethyl adjacent to an activating group) is 2. The summed E-state index contributed by atoms with van der Waals surface area (Å²) in [6.07, 6.45) is 0. The molecule has 33 heavy (non-hydrogen) atoms. The van der Waals surface area contributed by atoms with Crippen molar-refractivity contribution in [1.82, 2.24) is 20.4 Å². The maximum Gasteiger partial charge on any atom is 0.134 e. The third-order valence-corrected chi connectivity index (χ3v) is 5.20. The lowest BCUT2D eigenvalue weighted by atomic mass is 10.1. The molecule has 0 amide bonds. The SMILES string of the molecule is CN(C)CCNC(=N)c1cccc(-c2ccc(-c3cccc(C(=N)NCCN(C)C)c3)o2)c1. The van der Waals surface area contributed by atoms with E-state index in [0.717, 1.165) is 60.0 Å². The van der Waals surface area contributed by atoms with Crippen molar-refractivity contribution < 1.29 is 4.42 Å². The first kappa shape index (κ1) is 24.2. The summed E-state index contributed by atoms with van der Waals surface area (Å²) in [5.41, 5.74) is 3.49. The molecular weight excluding hydrogens is 412 g/mol. The normalized spacial score (nSPS) is 11.1. The third kappa shape index (κ3) is 7.03. The molecule has 0 atom stereocenters. The summed E-state index contributed by atoms with van der Waals surface area (Å²) in [6, 6.07) is 19.5. The summed E-state index contributed by atoms with van der Waals surface area (Å²) in [4.78, 5) is 4.16. The number of rotatable bonds is 10. The summed E-state index contributed by atoms with van der Waals surface area (Å²) in [5.74, 6) is 2.30. The van der Waals surface area contributed by atoms with Gasteiger partial charge in [-0.3, -0.25) is 10.8 Å². The van der Waals surface area contributed by atoms with E-state index >= 15 is 0 Å². The van der Waals surface area contributed by atoms with Crippen molar-refractivity contribution in [3.05, 3.63) is 71.8 Å². The average molecular weight is 447 g/mol. The van der Waals surface area contributed by atoms with Crippen LogP contribution >= 0.6 is 0 Å². The fourth-order valence-corrected chi connectivity index (χ4v) is 3.32. The fraction of sp³-hybridized carbons (Fsp3) is 0.308. The van der Waals surface area contributed by atoms with Gasteiger partial charge in [0.2, 0.25) is 0 Å². The van der Waals surface area contributed by atoms with Crippen LogP contribution in [-0.4, -0.2) is 75.8 Å². The van der Waals surface area contributed by atoms with Crippen LogP contribution in [-0.2, 0) is 0 Å². The summed E-state index contributed by atoms with van der Waals surface area (Å²) >= 11 is 0. The number of nitrogens with one attached hydrogen (secondary N) is 4. The van der Waals surface area contributed by atoms with Gasteiger partial charge in [0, 0.05) is 48.4 Å². The number of benzene rings is 2. The topological polar surface area (TPSA) is 91.4 Å². The highest BCUT2D eigenvalue weighted by Gasteiger charge is 2.11. The van der Waals surface area contributed by atoms with Crippen LogP contribution in [0.4, 0.5) is 0 Å². The Labute approximate surface area is 196 Å². The quantitative estimate of drug-likeness (QED) is 0.282. The van der Waals surface area contributed by atoms with Crippen LogP contribution in [0.1, 0.15) is 11.1 Å². The predicted octanol–water partition coefficient (Wildman–Crippen LogP) is 3.57. The van der Waals surface area contributed by atoms with E-state index in [2.05, 4.69) is 20.4 Å². The molecule has 3 rings (SSSR count). The lowest BCUT2D eigenvalue weighted by Gasteiger charge is -2.12. The number of furan rings is 1. The second-order valence-electron chi connectivity index (χ2n) is 8.54. The van der Waals surface area contributed by atoms with E-state index in [1.807, 2.05) is 88.9 Å². The summed E-state index contributed by atoms with van der Waals surface area (Å²) in [6.45, 7) is 3.17. The van der Waals surface area contributed by atoms with E-state index in [0.29, 0.717) is 11.7 Å². The molecule has 7 nitrogen and oxygen atoms in total. The standard InChI is InChI=1S/C26H34N6O/c1-31(2)15-13-29-25(27)21-9-5-7-19(17-21)23-11-12-24(33-23)20-8-6-10-22(18-20)26(28)30-14-16-32(3)4/h5-12,17-18H,13-16H2,1-4H3,(H2,27,29)(H2,28,30). The Bertz CT molecular complexity index is 1000. The van der Waals surface area contributed by atoms with Gasteiger partial charge in [-0.25, -0.2) is 0 Å². The number of amidine groups is 2. The minimum atomic E-state index is 0.401. The van der Waals surface area contributed by atoms with Crippen molar-refractivity contribution in [2.75, 3.05) is 54.4 Å². The van der Waals surface area contributed by atoms with Crippen molar-refractivity contribution in [3.8, 4) is 22.6 Å². The maximum atomic E-state index is 8.32. The van der Waals surface area contributed by atoms with Crippen LogP contribution in [0.25, 0.3) is 22.6 Å². The molecule has 174 valence electrons. The van der Waals surface area contributed by atoms with Crippen LogP contribution in [0.15, 0.2) is 65.1 Å². The smallest absolute Gasteiger partial charge is 0.134 e. The Morgan fingerprint density at radius 3 is 1.52 bits per heavy atom. The molecule has 0 radical (unpaired) electrons. The first-order valence-corrected chi connectivity index (χ1v) is 11.1. The molecule has 0 bridgehead atoms. The summed E-state index contributed by atoms with van der Waals surface area (Å²) in [7, 11) is 8.06. The van der Waals surface area contributed by atoms with Crippen molar-refractivity contribution >= 4 is 11.7 Å². The van der Waals surface area contributed by atoms with Gasteiger partial charge < -0.3 is 24.9 Å². The Morgan fingerprint density at radius 1 is 0.697 bits per heavy atom. The van der Waals surface area contributed by atoms with Gasteiger partial charge in [-0.2, -0.15) is 0 Å². The van der Waals surface area contributed by atoms with E-state index in [1.165, 1.54) is 0 Å². The molecule has 7 heteroatoms. The summed E-state index contributed by atoms with van der Waals surface area (Å²) < 4.78 is 6.16. The number of hydrogen-bond donors (Lipinski definition) is 4. The molecule has 3 aromatic rings. The fourth-order valence-electron chi connectivity index (χ4n) is 3.32. The van der Waals surface area contributed by atoms with Crippen LogP contribution in [0.3, 0.4) is 0 Å². The molecule has 0 aliphatic heterocycles. The van der Waals surface area contributed by atoms with Crippen LogP contribution in [0, 0.1) is 10.8 Å². The lowest BCUT2D eigenvalue weighted by molar-refractivity contribution is 0.412. The van der Waals surface area contributed by atoms with Gasteiger partial charge in [-0.1, -0.05) is 36.4 Å². The van der Waals surface area contributed by atoms with Gasteiger partial charge >= 0.3 is 0 Å². The van der Waals surface area contributed by atoms with Gasteiger partial charge in [0.1, 0.15) is 23.2 Å². The molecule has 1 aromatic heterocycles. The highest BCUT2D eigenvalue weighted by molar-refractivity contribution is 5.98. The third-order valence-electron chi connectivity index (χ3n) is 5.20. The molecular formula is C26H34N6O. The zero-order valence-corrected chi connectivity index (χ0v) is 19.9. The monoisotopic (exact) mass is 446 g/mol. The molecule has 0 saturated carbocycles. The van der Waals surface area contributed by atoms with Gasteiger partial charge in [-0.15, -0.1) is 0 Å². The van der Waals surface area contributed by atoms with Gasteiger partial charge in [0.25, 0.3) is 0 Å². The summed E-state index contributed by atoms with van der Waals surface area (Å²) in [5, 5.41) is 23.0. The highest BCUT2D eigenvalue weighted by atomic mass is 16.3. The second-order valence-corrected chi connectivity index (χ2v) is 8.54. The largest absolute Gasteiger partial charge is 0.456 e. The van der Waals surface area contributed by atoms with Gasteiger partial charge in [0.15, 0.2) is 0 Å². The Balaban J connectivity index is 1.71. The number of hydrogen-bond acceptors (Lipinski definition) is 5. The van der Waals surface area contributed by atoms with Crippen LogP contribution in [0.5, 0.6) is 0 Å². The number of nitrogens with zero attached hydrogens (tertiary/aromatic N) is 2. The Hall–Kier alpha value is -3.42. The Kier molecular flexibility index (Phi) is 8.40. The molecule has 0 spiro atoms. The van der Waals surface area contributed by atoms with Crippen molar-refractivity contribution in [2.24, 2.45) is 0 Å². The average Bonchev–Trinajstić information content (AvgIpc) is 3.29. The molecule has 1 heterocycles. The van der Waals surface area contributed by atoms with E-state index in [9.17, 15) is 0 Å². The molecule has 0 aliphatic carbocycles. The van der Waals surface area contributed by atoms with Crippen LogP contribution in [0.2, 0.25) is 0 Å². The van der Waals surface area contributed by atoms with Gasteiger partial charge in [-0.05, 0) is 52.5 Å². The van der Waals surface area contributed by atoms with Gasteiger partial charge in [0.05, 0.1) is 0 Å². The zero-order valence-electron chi connectivity index (χ0n) is 19.9. The van der Waals surface area contributed by atoms with Crippen LogP contribution < -0.4 is 10.6 Å². The van der Waals surface area contributed by atoms with E-state index < -0.39 is 0 Å². The minimum absolute atomic E-state index is 0.401. The van der Waals surface area contributed by atoms with E-state index in [-0.39, 0.29) is 0 Å². The molecule has 0 aliphatic rings. The second kappa shape index (κ2) is 11.4. The maximum absolute atomic E-state index is 8.32. The molecule has 4 N–H and O–H groups in total. The molecule has 2 aromatic carbocycles. The predicted molar refractivity (Wildman–Crippen MR) is 136 cm³/mol. The Morgan fingerprint density at radius 2 is 1.12 bits per heavy atom. The van der Waals surface area contributed by atoms with E-state index in [4.69, 9.17) is 15.2 Å².